The molecule has 0 bridgehead atoms. The second-order valence-electron chi connectivity index (χ2n) is 13.9. The molecule has 0 amide bonds. The molecule has 0 spiro atoms. The minimum absolute atomic E-state index is 0.332. The van der Waals surface area contributed by atoms with Gasteiger partial charge in [-0.2, -0.15) is 0 Å². The number of carboxylic acids is 2. The first-order valence-electron chi connectivity index (χ1n) is 20.8. The lowest BCUT2D eigenvalue weighted by molar-refractivity contribution is -0.138. The summed E-state index contributed by atoms with van der Waals surface area (Å²) in [6, 6.07) is 0. The number of carbonyl (C=O) groups is 2. The molecule has 52 heavy (non-hydrogen) atoms. The summed E-state index contributed by atoms with van der Waals surface area (Å²) in [5, 5.41) is 69.2. The van der Waals surface area contributed by atoms with Crippen LogP contribution < -0.4 is 0 Å². The molecular formula is C42H82O10. The second kappa shape index (κ2) is 45.3. The van der Waals surface area contributed by atoms with Crippen molar-refractivity contribution in [2.45, 2.75) is 218 Å². The standard InChI is InChI=1S/2C18H34O2.C6H14O6/c2*1-2-3-4-5-6-7-8-9-10-11-12-13-14-15-16-17-18(19)20;7-1-3(9)5(11)6(12)4(10)2-8/h2*9-10H,2-8,11-17H2,1H3,(H,19,20);3-12H,1-2H2/b2*10-9-;. The van der Waals surface area contributed by atoms with Gasteiger partial charge in [-0.15, -0.1) is 0 Å². The van der Waals surface area contributed by atoms with Gasteiger partial charge >= 0.3 is 11.9 Å². The Bertz CT molecular complexity index is 725. The average Bonchev–Trinajstić information content (AvgIpc) is 3.13. The first-order valence-corrected chi connectivity index (χ1v) is 20.8. The first-order chi connectivity index (χ1) is 25.1. The van der Waals surface area contributed by atoms with Crippen molar-refractivity contribution in [1.29, 1.82) is 0 Å². The summed E-state index contributed by atoms with van der Waals surface area (Å²) in [5.41, 5.74) is 0. The number of carboxylic acid groups (broad SMARTS) is 2. The van der Waals surface area contributed by atoms with Crippen LogP contribution in [0.1, 0.15) is 194 Å². The van der Waals surface area contributed by atoms with Crippen LogP contribution >= 0.6 is 0 Å². The molecule has 0 fully saturated rings. The molecule has 10 heteroatoms. The van der Waals surface area contributed by atoms with Crippen LogP contribution in [0.4, 0.5) is 0 Å². The van der Waals surface area contributed by atoms with Crippen LogP contribution in [-0.2, 0) is 9.59 Å². The number of aliphatic hydroxyl groups is 6. The van der Waals surface area contributed by atoms with E-state index in [2.05, 4.69) is 38.2 Å². The van der Waals surface area contributed by atoms with Crippen molar-refractivity contribution in [2.24, 2.45) is 0 Å². The van der Waals surface area contributed by atoms with Gasteiger partial charge in [0.05, 0.1) is 13.2 Å². The number of hydrogen-bond acceptors (Lipinski definition) is 8. The van der Waals surface area contributed by atoms with Crippen LogP contribution in [0, 0.1) is 0 Å². The van der Waals surface area contributed by atoms with Crippen molar-refractivity contribution in [1.82, 2.24) is 0 Å². The number of allylic oxidation sites excluding steroid dienone is 4. The van der Waals surface area contributed by atoms with Gasteiger partial charge in [-0.25, -0.2) is 0 Å². The number of rotatable bonds is 35. The Kier molecular flexibility index (Phi) is 47.5. The Morgan fingerprint density at radius 1 is 0.404 bits per heavy atom. The summed E-state index contributed by atoms with van der Waals surface area (Å²) in [6.07, 6.45) is 36.1. The molecule has 8 N–H and O–H groups in total. The maximum atomic E-state index is 10.3. The Morgan fingerprint density at radius 2 is 0.635 bits per heavy atom. The zero-order valence-corrected chi connectivity index (χ0v) is 33.2. The third-order valence-electron chi connectivity index (χ3n) is 8.82. The van der Waals surface area contributed by atoms with E-state index in [1.807, 2.05) is 0 Å². The molecule has 0 radical (unpaired) electrons. The molecule has 0 aromatic carbocycles. The Balaban J connectivity index is -0.000000717. The Morgan fingerprint density at radius 3 is 0.865 bits per heavy atom. The van der Waals surface area contributed by atoms with Gasteiger partial charge in [0.15, 0.2) is 0 Å². The molecule has 0 aliphatic rings. The topological polar surface area (TPSA) is 196 Å². The lowest BCUT2D eigenvalue weighted by Gasteiger charge is -2.24. The Hall–Kier alpha value is -1.82. The van der Waals surface area contributed by atoms with Gasteiger partial charge < -0.3 is 40.9 Å². The van der Waals surface area contributed by atoms with E-state index in [4.69, 9.17) is 40.9 Å². The van der Waals surface area contributed by atoms with Crippen LogP contribution in [-0.4, -0.2) is 90.4 Å². The van der Waals surface area contributed by atoms with Crippen molar-refractivity contribution in [3.8, 4) is 0 Å². The van der Waals surface area contributed by atoms with Crippen LogP contribution in [0.15, 0.2) is 24.3 Å². The first kappa shape index (κ1) is 54.5. The van der Waals surface area contributed by atoms with Gasteiger partial charge in [0.2, 0.25) is 0 Å². The highest BCUT2D eigenvalue weighted by atomic mass is 16.4. The minimum Gasteiger partial charge on any atom is -0.481 e. The molecule has 10 nitrogen and oxygen atoms in total. The maximum absolute atomic E-state index is 10.3. The molecule has 0 aromatic heterocycles. The molecule has 0 aromatic rings. The van der Waals surface area contributed by atoms with Crippen LogP contribution in [0.5, 0.6) is 0 Å². The van der Waals surface area contributed by atoms with Crippen LogP contribution in [0.25, 0.3) is 0 Å². The normalized spacial score (nSPS) is 13.6. The number of hydrogen-bond donors (Lipinski definition) is 8. The zero-order valence-electron chi connectivity index (χ0n) is 33.2. The fraction of sp³-hybridized carbons (Fsp3) is 0.857. The fourth-order valence-corrected chi connectivity index (χ4v) is 5.37. The van der Waals surface area contributed by atoms with E-state index in [0.29, 0.717) is 12.8 Å². The molecule has 4 atom stereocenters. The molecule has 0 heterocycles. The highest BCUT2D eigenvalue weighted by Crippen LogP contribution is 2.11. The molecule has 4 unspecified atom stereocenters. The summed E-state index contributed by atoms with van der Waals surface area (Å²) in [5.74, 6) is -1.33. The monoisotopic (exact) mass is 747 g/mol. The summed E-state index contributed by atoms with van der Waals surface area (Å²) in [4.78, 5) is 20.6. The Labute approximate surface area is 317 Å². The maximum Gasteiger partial charge on any atom is 0.303 e. The summed E-state index contributed by atoms with van der Waals surface area (Å²) in [7, 11) is 0. The van der Waals surface area contributed by atoms with E-state index >= 15 is 0 Å². The SMILES string of the molecule is CCCCCCCC/C=C\CCCCCCCC(=O)O.CCCCCCCC/C=C\CCCCCCCC(=O)O.OCC(O)C(O)C(O)C(O)CO. The number of aliphatic hydroxyl groups excluding tert-OH is 6. The van der Waals surface area contributed by atoms with E-state index in [9.17, 15) is 9.59 Å². The molecule has 0 aliphatic heterocycles. The summed E-state index contributed by atoms with van der Waals surface area (Å²) in [6.45, 7) is 3.07. The van der Waals surface area contributed by atoms with E-state index in [1.165, 1.54) is 141 Å². The number of aliphatic carboxylic acids is 2. The van der Waals surface area contributed by atoms with Gasteiger partial charge in [0.1, 0.15) is 24.4 Å². The molecule has 0 rings (SSSR count). The van der Waals surface area contributed by atoms with E-state index in [1.54, 1.807) is 0 Å². The average molecular weight is 747 g/mol. The van der Waals surface area contributed by atoms with Gasteiger partial charge in [-0.1, -0.05) is 141 Å². The van der Waals surface area contributed by atoms with Crippen molar-refractivity contribution in [2.75, 3.05) is 13.2 Å². The quantitative estimate of drug-likeness (QED) is 0.0230. The smallest absolute Gasteiger partial charge is 0.303 e. The predicted molar refractivity (Wildman–Crippen MR) is 212 cm³/mol. The third kappa shape index (κ3) is 46.2. The van der Waals surface area contributed by atoms with Gasteiger partial charge in [-0.05, 0) is 64.2 Å². The lowest BCUT2D eigenvalue weighted by Crippen LogP contribution is -2.46. The predicted octanol–water partition coefficient (Wildman–Crippen LogP) is 8.63. The van der Waals surface area contributed by atoms with E-state index in [-0.39, 0.29) is 0 Å². The lowest BCUT2D eigenvalue weighted by atomic mass is 10.0. The fourth-order valence-electron chi connectivity index (χ4n) is 5.37. The summed E-state index contributed by atoms with van der Waals surface area (Å²) >= 11 is 0. The summed E-state index contributed by atoms with van der Waals surface area (Å²) < 4.78 is 0. The highest BCUT2D eigenvalue weighted by Gasteiger charge is 2.29. The van der Waals surface area contributed by atoms with Crippen molar-refractivity contribution in [3.05, 3.63) is 24.3 Å². The van der Waals surface area contributed by atoms with Gasteiger partial charge in [0, 0.05) is 12.8 Å². The molecular weight excluding hydrogens is 664 g/mol. The minimum atomic E-state index is -1.67. The van der Waals surface area contributed by atoms with Gasteiger partial charge in [0.25, 0.3) is 0 Å². The van der Waals surface area contributed by atoms with Crippen molar-refractivity contribution >= 4 is 11.9 Å². The largest absolute Gasteiger partial charge is 0.481 e. The molecule has 0 saturated heterocycles. The molecule has 0 aliphatic carbocycles. The van der Waals surface area contributed by atoms with Crippen molar-refractivity contribution in [3.63, 3.8) is 0 Å². The second-order valence-corrected chi connectivity index (χ2v) is 13.9. The van der Waals surface area contributed by atoms with Crippen molar-refractivity contribution < 1.29 is 50.4 Å². The van der Waals surface area contributed by atoms with Crippen LogP contribution in [0.3, 0.4) is 0 Å². The molecule has 0 saturated carbocycles. The molecule has 310 valence electrons. The van der Waals surface area contributed by atoms with Gasteiger partial charge in [-0.3, -0.25) is 9.59 Å². The van der Waals surface area contributed by atoms with E-state index < -0.39 is 49.6 Å². The third-order valence-corrected chi connectivity index (χ3v) is 8.82. The zero-order chi connectivity index (χ0) is 39.5. The highest BCUT2D eigenvalue weighted by molar-refractivity contribution is 5.66. The number of unbranched alkanes of at least 4 members (excludes halogenated alkanes) is 22. The van der Waals surface area contributed by atoms with E-state index in [0.717, 1.165) is 25.7 Å². The van der Waals surface area contributed by atoms with Crippen LogP contribution in [0.2, 0.25) is 0 Å².